The fourth-order valence-electron chi connectivity index (χ4n) is 2.42. The van der Waals surface area contributed by atoms with Crippen LogP contribution in [-0.4, -0.2) is 42.3 Å². The second kappa shape index (κ2) is 6.60. The van der Waals surface area contributed by atoms with Crippen LogP contribution in [0.15, 0.2) is 18.2 Å². The lowest BCUT2D eigenvalue weighted by molar-refractivity contribution is 0.0195. The predicted octanol–water partition coefficient (Wildman–Crippen LogP) is 2.72. The molecule has 1 N–H and O–H groups in total. The summed E-state index contributed by atoms with van der Waals surface area (Å²) in [4.78, 5) is 13.7. The van der Waals surface area contributed by atoms with Crippen molar-refractivity contribution in [1.29, 1.82) is 0 Å². The van der Waals surface area contributed by atoms with Gasteiger partial charge in [-0.25, -0.2) is 13.6 Å². The highest BCUT2D eigenvalue weighted by Crippen LogP contribution is 2.15. The largest absolute Gasteiger partial charge is 0.444 e. The van der Waals surface area contributed by atoms with Crippen LogP contribution in [0.2, 0.25) is 0 Å². The van der Waals surface area contributed by atoms with Crippen molar-refractivity contribution in [3.05, 3.63) is 35.4 Å². The average molecular weight is 312 g/mol. The summed E-state index contributed by atoms with van der Waals surface area (Å²) in [6, 6.07) is 3.29. The van der Waals surface area contributed by atoms with Crippen molar-refractivity contribution >= 4 is 6.09 Å². The summed E-state index contributed by atoms with van der Waals surface area (Å²) in [5, 5.41) is 3.22. The molecule has 1 heterocycles. The number of rotatable bonds is 2. The predicted molar refractivity (Wildman–Crippen MR) is 79.7 cm³/mol. The van der Waals surface area contributed by atoms with Gasteiger partial charge in [0.25, 0.3) is 0 Å². The molecule has 1 amide bonds. The van der Waals surface area contributed by atoms with Crippen LogP contribution in [0.4, 0.5) is 13.6 Å². The first-order chi connectivity index (χ1) is 10.2. The molecule has 0 radical (unpaired) electrons. The molecule has 1 aliphatic rings. The molecule has 0 spiro atoms. The summed E-state index contributed by atoms with van der Waals surface area (Å²) >= 11 is 0. The van der Waals surface area contributed by atoms with E-state index in [2.05, 4.69) is 5.32 Å². The second-order valence-electron chi connectivity index (χ2n) is 6.52. The van der Waals surface area contributed by atoms with Gasteiger partial charge in [-0.05, 0) is 51.0 Å². The van der Waals surface area contributed by atoms with Crippen molar-refractivity contribution in [2.75, 3.05) is 19.6 Å². The Labute approximate surface area is 129 Å². The van der Waals surface area contributed by atoms with Gasteiger partial charge in [0.05, 0.1) is 0 Å². The van der Waals surface area contributed by atoms with Gasteiger partial charge in [-0.15, -0.1) is 0 Å². The number of piperazine rings is 1. The van der Waals surface area contributed by atoms with Crippen LogP contribution in [0.1, 0.15) is 26.3 Å². The third-order valence-corrected chi connectivity index (χ3v) is 3.38. The zero-order valence-corrected chi connectivity index (χ0v) is 13.2. The molecule has 1 atom stereocenters. The van der Waals surface area contributed by atoms with Crippen LogP contribution in [0, 0.1) is 11.6 Å². The van der Waals surface area contributed by atoms with Gasteiger partial charge in [0.2, 0.25) is 0 Å². The lowest BCUT2D eigenvalue weighted by Crippen LogP contribution is -2.54. The molecule has 1 aromatic carbocycles. The second-order valence-corrected chi connectivity index (χ2v) is 6.52. The number of hydrogen-bond donors (Lipinski definition) is 1. The molecule has 1 fully saturated rings. The van der Waals surface area contributed by atoms with E-state index in [1.807, 2.05) is 20.8 Å². The molecule has 0 saturated carbocycles. The first-order valence-electron chi connectivity index (χ1n) is 7.40. The summed E-state index contributed by atoms with van der Waals surface area (Å²) in [5.41, 5.74) is -0.241. The van der Waals surface area contributed by atoms with E-state index in [4.69, 9.17) is 4.74 Å². The third kappa shape index (κ3) is 4.66. The maximum atomic E-state index is 13.7. The lowest BCUT2D eigenvalue weighted by atomic mass is 10.0. The van der Waals surface area contributed by atoms with Crippen LogP contribution in [-0.2, 0) is 11.2 Å². The van der Waals surface area contributed by atoms with Crippen molar-refractivity contribution in [2.45, 2.75) is 38.8 Å². The fourth-order valence-corrected chi connectivity index (χ4v) is 2.42. The van der Waals surface area contributed by atoms with Crippen LogP contribution in [0.5, 0.6) is 0 Å². The molecular weight excluding hydrogens is 290 g/mol. The maximum Gasteiger partial charge on any atom is 0.410 e. The van der Waals surface area contributed by atoms with Gasteiger partial charge in [-0.2, -0.15) is 0 Å². The van der Waals surface area contributed by atoms with Gasteiger partial charge in [0.1, 0.15) is 17.2 Å². The third-order valence-electron chi connectivity index (χ3n) is 3.38. The molecule has 2 rings (SSSR count). The molecule has 1 aromatic rings. The van der Waals surface area contributed by atoms with Crippen LogP contribution in [0.25, 0.3) is 0 Å². The monoisotopic (exact) mass is 312 g/mol. The van der Waals surface area contributed by atoms with E-state index in [0.717, 1.165) is 12.1 Å². The minimum Gasteiger partial charge on any atom is -0.444 e. The molecule has 0 aromatic heterocycles. The highest BCUT2D eigenvalue weighted by atomic mass is 19.1. The minimum absolute atomic E-state index is 0.127. The summed E-state index contributed by atoms with van der Waals surface area (Å²) in [6.07, 6.45) is -0.0539. The topological polar surface area (TPSA) is 41.6 Å². The summed E-state index contributed by atoms with van der Waals surface area (Å²) in [5.74, 6) is -0.895. The molecule has 1 aliphatic heterocycles. The number of nitrogens with zero attached hydrogens (tertiary/aromatic N) is 1. The van der Waals surface area contributed by atoms with E-state index in [9.17, 15) is 13.6 Å². The number of carbonyl (C=O) groups excluding carboxylic acids is 1. The van der Waals surface area contributed by atoms with E-state index in [0.29, 0.717) is 31.6 Å². The number of amides is 1. The molecule has 0 aliphatic carbocycles. The average Bonchev–Trinajstić information content (AvgIpc) is 2.41. The van der Waals surface area contributed by atoms with E-state index >= 15 is 0 Å². The molecule has 122 valence electrons. The highest BCUT2D eigenvalue weighted by molar-refractivity contribution is 5.68. The Bertz CT molecular complexity index is 543. The molecule has 4 nitrogen and oxygen atoms in total. The van der Waals surface area contributed by atoms with E-state index in [1.54, 1.807) is 4.90 Å². The summed E-state index contributed by atoms with van der Waals surface area (Å²) in [7, 11) is 0. The Balaban J connectivity index is 1.98. The first kappa shape index (κ1) is 16.7. The normalized spacial score (nSPS) is 19.1. The van der Waals surface area contributed by atoms with Crippen molar-refractivity contribution in [3.8, 4) is 0 Å². The number of halogens is 2. The first-order valence-corrected chi connectivity index (χ1v) is 7.40. The molecule has 0 bridgehead atoms. The number of hydrogen-bond acceptors (Lipinski definition) is 3. The van der Waals surface area contributed by atoms with E-state index in [-0.39, 0.29) is 12.1 Å². The quantitative estimate of drug-likeness (QED) is 0.913. The zero-order valence-electron chi connectivity index (χ0n) is 13.2. The number of ether oxygens (including phenoxy) is 1. The summed E-state index contributed by atoms with van der Waals surface area (Å²) < 4.78 is 32.3. The van der Waals surface area contributed by atoms with Gasteiger partial charge in [-0.3, -0.25) is 0 Å². The Kier molecular flexibility index (Phi) is 5.01. The Morgan fingerprint density at radius 2 is 2.14 bits per heavy atom. The maximum absolute atomic E-state index is 13.7. The van der Waals surface area contributed by atoms with Crippen LogP contribution in [0.3, 0.4) is 0 Å². The van der Waals surface area contributed by atoms with Crippen molar-refractivity contribution in [3.63, 3.8) is 0 Å². The molecular formula is C16H22F2N2O2. The fraction of sp³-hybridized carbons (Fsp3) is 0.562. The van der Waals surface area contributed by atoms with Crippen LogP contribution >= 0.6 is 0 Å². The Hall–Kier alpha value is -1.69. The number of carbonyl (C=O) groups is 1. The van der Waals surface area contributed by atoms with Crippen LogP contribution < -0.4 is 5.32 Å². The van der Waals surface area contributed by atoms with Gasteiger partial charge in [-0.1, -0.05) is 0 Å². The lowest BCUT2D eigenvalue weighted by Gasteiger charge is -2.35. The highest BCUT2D eigenvalue weighted by Gasteiger charge is 2.27. The van der Waals surface area contributed by atoms with E-state index < -0.39 is 17.2 Å². The SMILES string of the molecule is CC(C)(C)OC(=O)N1CCNC(Cc2cc(F)ccc2F)C1. The van der Waals surface area contributed by atoms with Gasteiger partial charge in [0, 0.05) is 25.7 Å². The van der Waals surface area contributed by atoms with Crippen molar-refractivity contribution in [2.24, 2.45) is 0 Å². The molecule has 6 heteroatoms. The molecule has 22 heavy (non-hydrogen) atoms. The van der Waals surface area contributed by atoms with E-state index in [1.165, 1.54) is 6.07 Å². The molecule has 1 unspecified atom stereocenters. The minimum atomic E-state index is -0.549. The Morgan fingerprint density at radius 1 is 1.41 bits per heavy atom. The standard InChI is InChI=1S/C16H22F2N2O2/c1-16(2,3)22-15(21)20-7-6-19-13(10-20)9-11-8-12(17)4-5-14(11)18/h4-5,8,13,19H,6-7,9-10H2,1-3H3. The van der Waals surface area contributed by atoms with Crippen molar-refractivity contribution in [1.82, 2.24) is 10.2 Å². The van der Waals surface area contributed by atoms with Gasteiger partial charge >= 0.3 is 6.09 Å². The smallest absolute Gasteiger partial charge is 0.410 e. The number of nitrogens with one attached hydrogen (secondary N) is 1. The van der Waals surface area contributed by atoms with Gasteiger partial charge < -0.3 is 15.0 Å². The Morgan fingerprint density at radius 3 is 2.82 bits per heavy atom. The zero-order chi connectivity index (χ0) is 16.3. The van der Waals surface area contributed by atoms with Gasteiger partial charge in [0.15, 0.2) is 0 Å². The van der Waals surface area contributed by atoms with Crippen molar-refractivity contribution < 1.29 is 18.3 Å². The molecule has 1 saturated heterocycles. The number of benzene rings is 1. The summed E-state index contributed by atoms with van der Waals surface area (Å²) in [6.45, 7) is 6.98.